The molecular weight excluding hydrogens is 437 g/mol. The number of hydrogen-bond acceptors (Lipinski definition) is 5. The average molecular weight is 457 g/mol. The Hall–Kier alpha value is -3.21. The average Bonchev–Trinajstić information content (AvgIpc) is 2.69. The topological polar surface area (TPSA) is 65.4 Å². The van der Waals surface area contributed by atoms with Gasteiger partial charge in [-0.1, -0.05) is 6.08 Å². The van der Waals surface area contributed by atoms with Crippen LogP contribution in [0, 0.1) is 11.6 Å². The lowest BCUT2D eigenvalue weighted by Gasteiger charge is -2.23. The quantitative estimate of drug-likeness (QED) is 0.633. The van der Waals surface area contributed by atoms with Crippen molar-refractivity contribution in [2.24, 2.45) is 0 Å². The fourth-order valence-electron chi connectivity index (χ4n) is 3.10. The molecule has 0 radical (unpaired) electrons. The molecule has 1 aliphatic carbocycles. The molecule has 0 amide bonds. The first-order valence-electron chi connectivity index (χ1n) is 9.49. The summed E-state index contributed by atoms with van der Waals surface area (Å²) in [5.74, 6) is -1.62. The van der Waals surface area contributed by atoms with E-state index in [4.69, 9.17) is 9.47 Å². The molecule has 2 aromatic rings. The molecule has 1 N–H and O–H groups in total. The molecule has 11 heteroatoms. The smallest absolute Gasteiger partial charge is 0.411 e. The number of halogens is 5. The van der Waals surface area contributed by atoms with Crippen LogP contribution in [-0.2, 0) is 11.3 Å². The third-order valence-corrected chi connectivity index (χ3v) is 4.60. The fourth-order valence-corrected chi connectivity index (χ4v) is 3.10. The van der Waals surface area contributed by atoms with Crippen molar-refractivity contribution >= 4 is 5.95 Å². The Bertz CT molecular complexity index is 1090. The molecule has 172 valence electrons. The number of benzene rings is 1. The van der Waals surface area contributed by atoms with Crippen LogP contribution in [-0.4, -0.2) is 35.5 Å². The van der Waals surface area contributed by atoms with Crippen LogP contribution in [0.1, 0.15) is 18.9 Å². The molecule has 0 spiro atoms. The van der Waals surface area contributed by atoms with E-state index in [1.54, 1.807) is 13.0 Å². The summed E-state index contributed by atoms with van der Waals surface area (Å²) in [5.41, 5.74) is 0.652. The summed E-state index contributed by atoms with van der Waals surface area (Å²) in [6, 6.07) is 2.99. The Balaban J connectivity index is 1.92. The Kier molecular flexibility index (Phi) is 6.97. The summed E-state index contributed by atoms with van der Waals surface area (Å²) in [7, 11) is 1.27. The molecule has 1 aromatic carbocycles. The van der Waals surface area contributed by atoms with Gasteiger partial charge in [-0.15, -0.1) is 0 Å². The van der Waals surface area contributed by atoms with Gasteiger partial charge in [-0.3, -0.25) is 4.79 Å². The third-order valence-electron chi connectivity index (χ3n) is 4.60. The standard InChI is InChI=1S/C21H20F5N3O3/c1-12-3-4-16(32-11-21(24,25)26)8-17(12)27-20-28-19(30)18(31-2)10-29(20)9-13-5-14(22)7-15(23)6-13/h3,5-8,10,16H,4,9,11H2,1-2H3,(H,27,28,30). The molecule has 0 aliphatic heterocycles. The normalized spacial score (nSPS) is 16.4. The molecule has 1 unspecified atom stereocenters. The molecule has 0 saturated heterocycles. The first-order valence-corrected chi connectivity index (χ1v) is 9.49. The molecule has 1 heterocycles. The predicted octanol–water partition coefficient (Wildman–Crippen LogP) is 4.17. The Morgan fingerprint density at radius 2 is 1.91 bits per heavy atom. The van der Waals surface area contributed by atoms with Crippen LogP contribution in [0.4, 0.5) is 27.9 Å². The lowest BCUT2D eigenvalue weighted by Crippen LogP contribution is -2.25. The molecule has 1 aromatic heterocycles. The van der Waals surface area contributed by atoms with Crippen molar-refractivity contribution in [1.29, 1.82) is 0 Å². The zero-order chi connectivity index (χ0) is 23.5. The molecule has 0 bridgehead atoms. The second-order valence-electron chi connectivity index (χ2n) is 7.14. The summed E-state index contributed by atoms with van der Waals surface area (Å²) in [6.07, 6.45) is -0.575. The van der Waals surface area contributed by atoms with Gasteiger partial charge in [0.25, 0.3) is 0 Å². The number of nitrogens with zero attached hydrogens (tertiary/aromatic N) is 2. The minimum absolute atomic E-state index is 0.0101. The first kappa shape index (κ1) is 23.5. The maximum absolute atomic E-state index is 13.6. The molecule has 1 atom stereocenters. The van der Waals surface area contributed by atoms with Crippen molar-refractivity contribution in [2.45, 2.75) is 32.2 Å². The predicted molar refractivity (Wildman–Crippen MR) is 106 cm³/mol. The Labute approximate surface area is 180 Å². The van der Waals surface area contributed by atoms with Gasteiger partial charge >= 0.3 is 11.7 Å². The largest absolute Gasteiger partial charge is 0.490 e. The molecule has 3 rings (SSSR count). The van der Waals surface area contributed by atoms with Gasteiger partial charge in [-0.2, -0.15) is 18.2 Å². The molecule has 0 saturated carbocycles. The van der Waals surface area contributed by atoms with Crippen LogP contribution in [0.5, 0.6) is 5.75 Å². The number of methoxy groups -OCH3 is 1. The minimum Gasteiger partial charge on any atom is -0.490 e. The van der Waals surface area contributed by atoms with E-state index < -0.39 is 36.1 Å². The maximum Gasteiger partial charge on any atom is 0.411 e. The number of nitrogens with one attached hydrogen (secondary N) is 1. The van der Waals surface area contributed by atoms with Gasteiger partial charge in [0.2, 0.25) is 11.7 Å². The highest BCUT2D eigenvalue weighted by Gasteiger charge is 2.29. The van der Waals surface area contributed by atoms with Crippen LogP contribution in [0.2, 0.25) is 0 Å². The Morgan fingerprint density at radius 1 is 1.22 bits per heavy atom. The molecule has 1 aliphatic rings. The van der Waals surface area contributed by atoms with Gasteiger partial charge in [0, 0.05) is 11.8 Å². The Morgan fingerprint density at radius 3 is 2.53 bits per heavy atom. The highest BCUT2D eigenvalue weighted by Crippen LogP contribution is 2.25. The van der Waals surface area contributed by atoms with E-state index in [1.807, 2.05) is 0 Å². The van der Waals surface area contributed by atoms with Gasteiger partial charge in [-0.25, -0.2) is 8.78 Å². The van der Waals surface area contributed by atoms with Crippen LogP contribution < -0.4 is 15.6 Å². The molecule has 32 heavy (non-hydrogen) atoms. The number of ether oxygens (including phenoxy) is 2. The van der Waals surface area contributed by atoms with E-state index in [1.165, 1.54) is 23.9 Å². The summed E-state index contributed by atoms with van der Waals surface area (Å²) in [5, 5.41) is 2.91. The SMILES string of the molecule is COc1cn(Cc2cc(F)cc(F)c2)c(NC2=CC(OCC(F)(F)F)CC=C2C)nc1=O. The number of hydrogen-bond donors (Lipinski definition) is 1. The van der Waals surface area contributed by atoms with Crippen molar-refractivity contribution in [3.8, 4) is 5.75 Å². The van der Waals surface area contributed by atoms with E-state index in [9.17, 15) is 26.7 Å². The number of anilines is 1. The highest BCUT2D eigenvalue weighted by atomic mass is 19.4. The fraction of sp³-hybridized carbons (Fsp3) is 0.333. The van der Waals surface area contributed by atoms with Gasteiger partial charge in [0.05, 0.1) is 26.0 Å². The highest BCUT2D eigenvalue weighted by molar-refractivity contribution is 5.47. The number of allylic oxidation sites excluding steroid dienone is 1. The molecule has 6 nitrogen and oxygen atoms in total. The van der Waals surface area contributed by atoms with Crippen LogP contribution in [0.3, 0.4) is 0 Å². The van der Waals surface area contributed by atoms with Crippen molar-refractivity contribution in [3.63, 3.8) is 0 Å². The van der Waals surface area contributed by atoms with Gasteiger partial charge < -0.3 is 19.4 Å². The number of rotatable bonds is 7. The zero-order valence-electron chi connectivity index (χ0n) is 17.2. The van der Waals surface area contributed by atoms with Crippen LogP contribution in [0.25, 0.3) is 0 Å². The van der Waals surface area contributed by atoms with E-state index in [0.29, 0.717) is 11.3 Å². The molecule has 0 fully saturated rings. The van der Waals surface area contributed by atoms with Gasteiger partial charge in [0.15, 0.2) is 0 Å². The van der Waals surface area contributed by atoms with Crippen molar-refractivity contribution in [1.82, 2.24) is 9.55 Å². The van der Waals surface area contributed by atoms with E-state index in [0.717, 1.165) is 18.2 Å². The first-order chi connectivity index (χ1) is 15.0. The van der Waals surface area contributed by atoms with E-state index in [-0.39, 0.29) is 30.2 Å². The number of aromatic nitrogens is 2. The summed E-state index contributed by atoms with van der Waals surface area (Å²) in [4.78, 5) is 16.1. The summed E-state index contributed by atoms with van der Waals surface area (Å²) < 4.78 is 75.9. The molecular formula is C21H20F5N3O3. The lowest BCUT2D eigenvalue weighted by atomic mass is 10.0. The van der Waals surface area contributed by atoms with E-state index >= 15 is 0 Å². The van der Waals surface area contributed by atoms with Crippen LogP contribution in [0.15, 0.2) is 52.6 Å². The summed E-state index contributed by atoms with van der Waals surface area (Å²) >= 11 is 0. The maximum atomic E-state index is 13.6. The minimum atomic E-state index is -4.46. The monoisotopic (exact) mass is 457 g/mol. The second-order valence-corrected chi connectivity index (χ2v) is 7.14. The van der Waals surface area contributed by atoms with E-state index in [2.05, 4.69) is 10.3 Å². The van der Waals surface area contributed by atoms with Gasteiger partial charge in [-0.05, 0) is 42.7 Å². The van der Waals surface area contributed by atoms with Crippen molar-refractivity contribution < 1.29 is 31.4 Å². The number of alkyl halides is 3. The van der Waals surface area contributed by atoms with Gasteiger partial charge in [0.1, 0.15) is 18.2 Å². The zero-order valence-corrected chi connectivity index (χ0v) is 17.2. The third kappa shape index (κ3) is 6.16. The van der Waals surface area contributed by atoms with Crippen molar-refractivity contribution in [2.75, 3.05) is 19.0 Å². The second kappa shape index (κ2) is 9.51. The van der Waals surface area contributed by atoms with Crippen molar-refractivity contribution in [3.05, 3.63) is 75.4 Å². The van der Waals surface area contributed by atoms with Crippen LogP contribution >= 0.6 is 0 Å². The summed E-state index contributed by atoms with van der Waals surface area (Å²) in [6.45, 7) is 0.266. The lowest BCUT2D eigenvalue weighted by molar-refractivity contribution is -0.180.